The molecule has 2 fully saturated rings. The summed E-state index contributed by atoms with van der Waals surface area (Å²) in [6, 6.07) is 6.85. The minimum atomic E-state index is -4.19. The van der Waals surface area contributed by atoms with E-state index in [-0.39, 0.29) is 30.1 Å². The van der Waals surface area contributed by atoms with Gasteiger partial charge in [-0.15, -0.1) is 0 Å². The summed E-state index contributed by atoms with van der Waals surface area (Å²) >= 11 is 5.95. The van der Waals surface area contributed by atoms with Gasteiger partial charge in [0.05, 0.1) is 23.6 Å². The van der Waals surface area contributed by atoms with Gasteiger partial charge in [0.1, 0.15) is 18.2 Å². The molecule has 0 radical (unpaired) electrons. The average Bonchev–Trinajstić information content (AvgIpc) is 2.89. The fraction of sp³-hybridized carbons (Fsp3) is 0.480. The summed E-state index contributed by atoms with van der Waals surface area (Å²) in [5.41, 5.74) is -0.0615. The van der Waals surface area contributed by atoms with Gasteiger partial charge in [0, 0.05) is 43.3 Å². The zero-order chi connectivity index (χ0) is 26.6. The molecule has 2 saturated heterocycles. The Kier molecular flexibility index (Phi) is 9.02. The average molecular weight is 558 g/mol. The summed E-state index contributed by atoms with van der Waals surface area (Å²) in [4.78, 5) is 16.3. The highest BCUT2D eigenvalue weighted by Gasteiger charge is 2.42. The molecule has 8 nitrogen and oxygen atoms in total. The number of β-amino-alcohol motifs (C(OH)–C–C–N with tert-alkyl or cyclic N) is 1. The minimum absolute atomic E-state index is 0.0388. The summed E-state index contributed by atoms with van der Waals surface area (Å²) in [6.45, 7) is 2.38. The highest BCUT2D eigenvalue weighted by Crippen LogP contribution is 2.40. The van der Waals surface area contributed by atoms with Crippen LogP contribution in [0, 0.1) is 11.6 Å². The number of amides is 1. The van der Waals surface area contributed by atoms with Gasteiger partial charge in [0.2, 0.25) is 10.0 Å². The normalized spacial score (nSPS) is 21.7. The number of benzene rings is 2. The number of halogens is 3. The third-order valence-electron chi connectivity index (χ3n) is 6.83. The highest BCUT2D eigenvalue weighted by molar-refractivity contribution is 7.89. The molecule has 37 heavy (non-hydrogen) atoms. The Hall–Kier alpha value is -2.31. The van der Waals surface area contributed by atoms with Crippen LogP contribution >= 0.6 is 11.6 Å². The Balaban J connectivity index is 1.58. The summed E-state index contributed by atoms with van der Waals surface area (Å²) < 4.78 is 63.3. The van der Waals surface area contributed by atoms with E-state index < -0.39 is 39.8 Å². The van der Waals surface area contributed by atoms with E-state index in [1.807, 2.05) is 4.90 Å². The molecule has 1 amide bonds. The minimum Gasteiger partial charge on any atom is -0.448 e. The molecule has 12 heteroatoms. The van der Waals surface area contributed by atoms with Crippen molar-refractivity contribution in [3.05, 3.63) is 64.7 Å². The van der Waals surface area contributed by atoms with Crippen molar-refractivity contribution in [2.45, 2.75) is 36.2 Å². The maximum atomic E-state index is 14.8. The van der Waals surface area contributed by atoms with Crippen LogP contribution in [0.15, 0.2) is 47.4 Å². The number of piperazine rings is 1. The monoisotopic (exact) mass is 557 g/mol. The Bertz CT molecular complexity index is 1190. The molecule has 0 aliphatic carbocycles. The number of hydrogen-bond acceptors (Lipinski definition) is 6. The number of carbonyl (C=O) groups is 1. The molecule has 0 saturated carbocycles. The van der Waals surface area contributed by atoms with Crippen molar-refractivity contribution in [1.82, 2.24) is 14.1 Å². The molecule has 1 N–H and O–H groups in total. The maximum absolute atomic E-state index is 14.8. The second kappa shape index (κ2) is 12.0. The smallest absolute Gasteiger partial charge is 0.409 e. The van der Waals surface area contributed by atoms with Crippen LogP contribution in [-0.2, 0) is 14.8 Å². The first kappa shape index (κ1) is 27.7. The van der Waals surface area contributed by atoms with Crippen molar-refractivity contribution < 1.29 is 31.8 Å². The third kappa shape index (κ3) is 6.40. The van der Waals surface area contributed by atoms with Crippen molar-refractivity contribution in [2.24, 2.45) is 0 Å². The number of ether oxygens (including phenoxy) is 1. The lowest BCUT2D eigenvalue weighted by molar-refractivity contribution is 0.0463. The van der Waals surface area contributed by atoms with Crippen molar-refractivity contribution in [3.8, 4) is 0 Å². The summed E-state index contributed by atoms with van der Waals surface area (Å²) in [7, 11) is -4.19. The first-order valence-corrected chi connectivity index (χ1v) is 14.0. The van der Waals surface area contributed by atoms with Crippen LogP contribution in [0.5, 0.6) is 0 Å². The van der Waals surface area contributed by atoms with E-state index in [1.165, 1.54) is 24.3 Å². The van der Waals surface area contributed by atoms with Crippen molar-refractivity contribution in [2.75, 3.05) is 45.9 Å². The molecule has 2 aromatic rings. The Morgan fingerprint density at radius 1 is 1.05 bits per heavy atom. The van der Waals surface area contributed by atoms with E-state index in [1.54, 1.807) is 4.90 Å². The second-order valence-corrected chi connectivity index (χ2v) is 11.5. The summed E-state index contributed by atoms with van der Waals surface area (Å²) in [6.07, 6.45) is 0.643. The lowest BCUT2D eigenvalue weighted by Gasteiger charge is -2.41. The quantitative estimate of drug-likeness (QED) is 0.559. The van der Waals surface area contributed by atoms with Gasteiger partial charge in [-0.3, -0.25) is 4.90 Å². The standard InChI is InChI=1S/C25H30ClF2N3O5S/c26-18-4-7-21(8-5-18)37(34,35)31-20(2-1-3-24(31)22-16-19(27)6-9-23(22)28)17-36-25(33)30-12-10-29(11-13-30)14-15-32/h4-9,16,20,24,32H,1-3,10-15,17H2/t20-,24+/m1/s1. The molecule has 202 valence electrons. The topological polar surface area (TPSA) is 90.4 Å². The largest absolute Gasteiger partial charge is 0.448 e. The first-order valence-electron chi connectivity index (χ1n) is 12.2. The van der Waals surface area contributed by atoms with Crippen molar-refractivity contribution in [1.29, 1.82) is 0 Å². The fourth-order valence-electron chi connectivity index (χ4n) is 4.92. The van der Waals surface area contributed by atoms with Crippen molar-refractivity contribution >= 4 is 27.7 Å². The molecule has 0 unspecified atom stereocenters. The maximum Gasteiger partial charge on any atom is 0.409 e. The van der Waals surface area contributed by atoms with Crippen molar-refractivity contribution in [3.63, 3.8) is 0 Å². The highest BCUT2D eigenvalue weighted by atomic mass is 35.5. The van der Waals surface area contributed by atoms with Gasteiger partial charge < -0.3 is 14.7 Å². The molecule has 0 bridgehead atoms. The van der Waals surface area contributed by atoms with Crippen LogP contribution in [0.25, 0.3) is 0 Å². The van der Waals surface area contributed by atoms with Gasteiger partial charge in [-0.1, -0.05) is 11.6 Å². The van der Waals surface area contributed by atoms with Crippen LogP contribution in [0.3, 0.4) is 0 Å². The summed E-state index contributed by atoms with van der Waals surface area (Å²) in [5.74, 6) is -1.38. The molecule has 2 aliphatic heterocycles. The van der Waals surface area contributed by atoms with E-state index in [9.17, 15) is 22.0 Å². The molecule has 0 aromatic heterocycles. The SMILES string of the molecule is O=C(OC[C@H]1CCC[C@@H](c2cc(F)ccc2F)N1S(=O)(=O)c1ccc(Cl)cc1)N1CCN(CCO)CC1. The number of carbonyl (C=O) groups excluding carboxylic acids is 1. The van der Waals surface area contributed by atoms with E-state index in [0.717, 1.165) is 22.5 Å². The second-order valence-electron chi connectivity index (χ2n) is 9.18. The fourth-order valence-corrected chi connectivity index (χ4v) is 6.88. The van der Waals surface area contributed by atoms with E-state index in [4.69, 9.17) is 21.4 Å². The van der Waals surface area contributed by atoms with Crippen LogP contribution in [-0.4, -0.2) is 85.7 Å². The Morgan fingerprint density at radius 3 is 2.43 bits per heavy atom. The van der Waals surface area contributed by atoms with Crippen LogP contribution in [0.1, 0.15) is 30.9 Å². The van der Waals surface area contributed by atoms with Gasteiger partial charge in [-0.05, 0) is 61.7 Å². The molecule has 0 spiro atoms. The molecule has 2 aromatic carbocycles. The number of nitrogens with zero attached hydrogens (tertiary/aromatic N) is 3. The number of hydrogen-bond donors (Lipinski definition) is 1. The van der Waals surface area contributed by atoms with Crippen LogP contribution in [0.4, 0.5) is 13.6 Å². The number of sulfonamides is 1. The molecular formula is C25H30ClF2N3O5S. The van der Waals surface area contributed by atoms with Gasteiger partial charge in [-0.2, -0.15) is 4.31 Å². The predicted molar refractivity (Wildman–Crippen MR) is 134 cm³/mol. The molecule has 2 atom stereocenters. The predicted octanol–water partition coefficient (Wildman–Crippen LogP) is 3.65. The van der Waals surface area contributed by atoms with E-state index >= 15 is 0 Å². The van der Waals surface area contributed by atoms with Crippen LogP contribution in [0.2, 0.25) is 5.02 Å². The number of aliphatic hydroxyl groups is 1. The molecule has 2 heterocycles. The van der Waals surface area contributed by atoms with Gasteiger partial charge >= 0.3 is 6.09 Å². The molecule has 2 aliphatic rings. The van der Waals surface area contributed by atoms with Gasteiger partial charge in [-0.25, -0.2) is 22.0 Å². The van der Waals surface area contributed by atoms with Crippen LogP contribution < -0.4 is 0 Å². The summed E-state index contributed by atoms with van der Waals surface area (Å²) in [5, 5.41) is 9.45. The third-order valence-corrected chi connectivity index (χ3v) is 9.06. The zero-order valence-electron chi connectivity index (χ0n) is 20.2. The van der Waals surface area contributed by atoms with Gasteiger partial charge in [0.25, 0.3) is 0 Å². The van der Waals surface area contributed by atoms with Gasteiger partial charge in [0.15, 0.2) is 0 Å². The number of aliphatic hydroxyl groups excluding tert-OH is 1. The zero-order valence-corrected chi connectivity index (χ0v) is 21.8. The molecular weight excluding hydrogens is 528 g/mol. The lowest BCUT2D eigenvalue weighted by Crippen LogP contribution is -2.51. The number of rotatable bonds is 7. The first-order chi connectivity index (χ1) is 17.7. The van der Waals surface area contributed by atoms with E-state index in [0.29, 0.717) is 50.6 Å². The molecule has 4 rings (SSSR count). The lowest BCUT2D eigenvalue weighted by atomic mass is 9.93. The Labute approximate surface area is 220 Å². The Morgan fingerprint density at radius 2 is 1.76 bits per heavy atom. The number of piperidine rings is 1. The van der Waals surface area contributed by atoms with E-state index in [2.05, 4.69) is 0 Å².